The SMILES string of the molecule is Cc1nc2c(F)cc(-c3cc(Nc4ncc(CN5CC6CCCNC6C5)cn4)ncc3F)cc2n1C(C)C. The van der Waals surface area contributed by atoms with Gasteiger partial charge in [-0.05, 0) is 69.8 Å². The number of fused-ring (bicyclic) bond motifs is 2. The Morgan fingerprint density at radius 2 is 1.87 bits per heavy atom. The van der Waals surface area contributed by atoms with E-state index >= 15 is 0 Å². The standard InChI is InChI=1S/C28H32F2N8/c1-16(2)38-17(3)35-27-22(29)7-20(8-25(27)38)21-9-26(32-12-23(21)30)36-28-33-10-18(11-34-28)13-37-14-19-5-4-6-31-24(19)15-37/h7-12,16,19,24,31H,4-6,13-15H2,1-3H3,(H,32,33,34,36). The second-order valence-corrected chi connectivity index (χ2v) is 10.7. The first-order valence-electron chi connectivity index (χ1n) is 13.2. The molecule has 2 atom stereocenters. The van der Waals surface area contributed by atoms with Gasteiger partial charge in [-0.3, -0.25) is 4.90 Å². The van der Waals surface area contributed by atoms with Crippen LogP contribution in [-0.4, -0.2) is 55.1 Å². The van der Waals surface area contributed by atoms with E-state index < -0.39 is 11.6 Å². The molecule has 0 radical (unpaired) electrons. The number of aromatic nitrogens is 5. The van der Waals surface area contributed by atoms with Gasteiger partial charge in [-0.15, -0.1) is 0 Å². The zero-order valence-corrected chi connectivity index (χ0v) is 21.9. The van der Waals surface area contributed by atoms with Gasteiger partial charge in [-0.1, -0.05) is 0 Å². The third-order valence-electron chi connectivity index (χ3n) is 7.63. The van der Waals surface area contributed by atoms with Crippen LogP contribution in [0.2, 0.25) is 0 Å². The molecule has 2 saturated heterocycles. The average Bonchev–Trinajstić information content (AvgIpc) is 3.46. The molecule has 0 spiro atoms. The summed E-state index contributed by atoms with van der Waals surface area (Å²) in [5.41, 5.74) is 2.60. The molecule has 3 aromatic heterocycles. The van der Waals surface area contributed by atoms with Crippen LogP contribution in [0, 0.1) is 24.5 Å². The molecule has 4 aromatic rings. The van der Waals surface area contributed by atoms with Crippen molar-refractivity contribution in [2.45, 2.75) is 52.2 Å². The summed E-state index contributed by atoms with van der Waals surface area (Å²) >= 11 is 0. The molecular formula is C28H32F2N8. The van der Waals surface area contributed by atoms with Gasteiger partial charge in [0.2, 0.25) is 5.95 Å². The molecule has 8 nitrogen and oxygen atoms in total. The molecular weight excluding hydrogens is 486 g/mol. The fourth-order valence-electron chi connectivity index (χ4n) is 5.94. The number of benzene rings is 1. The molecule has 198 valence electrons. The number of hydrogen-bond donors (Lipinski definition) is 2. The van der Waals surface area contributed by atoms with Crippen LogP contribution in [0.15, 0.2) is 36.8 Å². The second-order valence-electron chi connectivity index (χ2n) is 10.7. The molecule has 1 aromatic carbocycles. The molecule has 5 heterocycles. The van der Waals surface area contributed by atoms with Crippen molar-refractivity contribution < 1.29 is 8.78 Å². The number of halogens is 2. The summed E-state index contributed by atoms with van der Waals surface area (Å²) in [6.45, 7) is 9.94. The summed E-state index contributed by atoms with van der Waals surface area (Å²) in [7, 11) is 0. The van der Waals surface area contributed by atoms with Crippen molar-refractivity contribution in [2.75, 3.05) is 25.0 Å². The second kappa shape index (κ2) is 9.99. The van der Waals surface area contributed by atoms with Crippen LogP contribution >= 0.6 is 0 Å². The van der Waals surface area contributed by atoms with E-state index in [0.29, 0.717) is 34.7 Å². The van der Waals surface area contributed by atoms with Crippen LogP contribution < -0.4 is 10.6 Å². The van der Waals surface area contributed by atoms with Crippen LogP contribution in [0.4, 0.5) is 20.5 Å². The first-order chi connectivity index (χ1) is 18.4. The monoisotopic (exact) mass is 518 g/mol. The minimum Gasteiger partial charge on any atom is -0.326 e. The Morgan fingerprint density at radius 3 is 2.63 bits per heavy atom. The third kappa shape index (κ3) is 4.74. The van der Waals surface area contributed by atoms with E-state index in [9.17, 15) is 8.78 Å². The Kier molecular flexibility index (Phi) is 6.53. The van der Waals surface area contributed by atoms with E-state index in [4.69, 9.17) is 0 Å². The lowest BCUT2D eigenvalue weighted by Crippen LogP contribution is -2.40. The molecule has 2 N–H and O–H groups in total. The smallest absolute Gasteiger partial charge is 0.228 e. The highest BCUT2D eigenvalue weighted by Gasteiger charge is 2.34. The van der Waals surface area contributed by atoms with Gasteiger partial charge < -0.3 is 15.2 Å². The maximum atomic E-state index is 15.0. The highest BCUT2D eigenvalue weighted by molar-refractivity contribution is 5.84. The number of likely N-dealkylation sites (tertiary alicyclic amines) is 1. The highest BCUT2D eigenvalue weighted by atomic mass is 19.1. The number of piperidine rings is 1. The Balaban J connectivity index is 1.20. The zero-order valence-electron chi connectivity index (χ0n) is 21.9. The highest BCUT2D eigenvalue weighted by Crippen LogP contribution is 2.32. The maximum absolute atomic E-state index is 15.0. The van der Waals surface area contributed by atoms with Crippen LogP contribution in [-0.2, 0) is 6.54 Å². The number of anilines is 2. The summed E-state index contributed by atoms with van der Waals surface area (Å²) in [4.78, 5) is 19.9. The Labute approximate surface area is 220 Å². The van der Waals surface area contributed by atoms with E-state index in [1.807, 2.05) is 37.7 Å². The molecule has 10 heteroatoms. The zero-order chi connectivity index (χ0) is 26.4. The first kappa shape index (κ1) is 24.8. The molecule has 38 heavy (non-hydrogen) atoms. The number of aryl methyl sites for hydroxylation is 1. The van der Waals surface area contributed by atoms with Crippen molar-refractivity contribution in [1.29, 1.82) is 0 Å². The van der Waals surface area contributed by atoms with Gasteiger partial charge in [0.15, 0.2) is 5.82 Å². The third-order valence-corrected chi connectivity index (χ3v) is 7.63. The van der Waals surface area contributed by atoms with E-state index in [1.165, 1.54) is 18.9 Å². The van der Waals surface area contributed by atoms with E-state index in [1.54, 1.807) is 12.1 Å². The largest absolute Gasteiger partial charge is 0.326 e. The Morgan fingerprint density at radius 1 is 1.05 bits per heavy atom. The summed E-state index contributed by atoms with van der Waals surface area (Å²) in [6.07, 6.45) is 7.30. The number of imidazole rings is 1. The molecule has 2 aliphatic rings. The van der Waals surface area contributed by atoms with Crippen molar-refractivity contribution in [1.82, 2.24) is 34.7 Å². The van der Waals surface area contributed by atoms with Crippen molar-refractivity contribution >= 4 is 22.8 Å². The van der Waals surface area contributed by atoms with Gasteiger partial charge in [0, 0.05) is 55.2 Å². The summed E-state index contributed by atoms with van der Waals surface area (Å²) in [5.74, 6) is 1.15. The molecule has 2 aliphatic heterocycles. The van der Waals surface area contributed by atoms with Gasteiger partial charge in [0.1, 0.15) is 23.0 Å². The average molecular weight is 519 g/mol. The van der Waals surface area contributed by atoms with Crippen molar-refractivity contribution in [3.8, 4) is 11.1 Å². The number of nitrogens with zero attached hydrogens (tertiary/aromatic N) is 6. The molecule has 2 fully saturated rings. The fraction of sp³-hybridized carbons (Fsp3) is 0.429. The van der Waals surface area contributed by atoms with Crippen molar-refractivity contribution in [3.05, 3.63) is 59.8 Å². The number of pyridine rings is 1. The van der Waals surface area contributed by atoms with Crippen molar-refractivity contribution in [2.24, 2.45) is 5.92 Å². The van der Waals surface area contributed by atoms with Gasteiger partial charge in [0.05, 0.1) is 11.7 Å². The number of nitrogens with one attached hydrogen (secondary N) is 2. The Hall–Kier alpha value is -3.50. The molecule has 6 rings (SSSR count). The summed E-state index contributed by atoms with van der Waals surface area (Å²) in [5, 5.41) is 6.69. The number of hydrogen-bond acceptors (Lipinski definition) is 7. The maximum Gasteiger partial charge on any atom is 0.228 e. The van der Waals surface area contributed by atoms with Crippen LogP contribution in [0.1, 0.15) is 44.1 Å². The van der Waals surface area contributed by atoms with Gasteiger partial charge in [-0.2, -0.15) is 0 Å². The quantitative estimate of drug-likeness (QED) is 0.372. The van der Waals surface area contributed by atoms with Gasteiger partial charge >= 0.3 is 0 Å². The van der Waals surface area contributed by atoms with Gasteiger partial charge in [-0.25, -0.2) is 28.7 Å². The minimum atomic E-state index is -0.543. The topological polar surface area (TPSA) is 83.8 Å². The molecule has 0 amide bonds. The predicted molar refractivity (Wildman–Crippen MR) is 143 cm³/mol. The summed E-state index contributed by atoms with van der Waals surface area (Å²) < 4.78 is 31.8. The van der Waals surface area contributed by atoms with E-state index in [2.05, 4.69) is 35.5 Å². The van der Waals surface area contributed by atoms with Crippen LogP contribution in [0.5, 0.6) is 0 Å². The predicted octanol–water partition coefficient (Wildman–Crippen LogP) is 4.98. The summed E-state index contributed by atoms with van der Waals surface area (Å²) in [6, 6.07) is 5.32. The van der Waals surface area contributed by atoms with Crippen LogP contribution in [0.3, 0.4) is 0 Å². The molecule has 0 aliphatic carbocycles. The molecule has 0 bridgehead atoms. The lowest BCUT2D eigenvalue weighted by atomic mass is 9.94. The lowest BCUT2D eigenvalue weighted by molar-refractivity contribution is 0.312. The first-order valence-corrected chi connectivity index (χ1v) is 13.2. The fourth-order valence-corrected chi connectivity index (χ4v) is 5.94. The lowest BCUT2D eigenvalue weighted by Gasteiger charge is -2.24. The number of rotatable bonds is 6. The van der Waals surface area contributed by atoms with Crippen LogP contribution in [0.25, 0.3) is 22.2 Å². The van der Waals surface area contributed by atoms with E-state index in [-0.39, 0.29) is 17.1 Å². The van der Waals surface area contributed by atoms with Gasteiger partial charge in [0.25, 0.3) is 0 Å². The minimum absolute atomic E-state index is 0.0838. The van der Waals surface area contributed by atoms with E-state index in [0.717, 1.165) is 43.9 Å². The molecule has 0 saturated carbocycles. The normalized spacial score (nSPS) is 19.8. The molecule has 2 unspecified atom stereocenters. The Bertz CT molecular complexity index is 1450. The van der Waals surface area contributed by atoms with Crippen molar-refractivity contribution in [3.63, 3.8) is 0 Å².